The van der Waals surface area contributed by atoms with E-state index in [-0.39, 0.29) is 0 Å². The van der Waals surface area contributed by atoms with Crippen molar-refractivity contribution < 1.29 is 0 Å². The van der Waals surface area contributed by atoms with Crippen LogP contribution in [0.5, 0.6) is 0 Å². The largest absolute Gasteiger partial charge is 0.0622 e. The second-order valence-electron chi connectivity index (χ2n) is 4.66. The summed E-state index contributed by atoms with van der Waals surface area (Å²) in [7, 11) is 0. The molecule has 0 saturated carbocycles. The van der Waals surface area contributed by atoms with Crippen LogP contribution >= 0.6 is 47.8 Å². The Labute approximate surface area is 149 Å². The number of fused-ring (bicyclic) bond motifs is 1. The van der Waals surface area contributed by atoms with Crippen LogP contribution in [0.2, 0.25) is 0 Å². The second-order valence-corrected chi connectivity index (χ2v) is 7.22. The average Bonchev–Trinajstić information content (AvgIpc) is 2.48. The lowest BCUT2D eigenvalue weighted by molar-refractivity contribution is 1.64. The first-order chi connectivity index (χ1) is 10.2. The zero-order chi connectivity index (χ0) is 14.8. The van der Waals surface area contributed by atoms with Gasteiger partial charge in [-0.15, -0.1) is 0 Å². The van der Waals surface area contributed by atoms with Crippen molar-refractivity contribution in [2.45, 2.75) is 0 Å². The van der Waals surface area contributed by atoms with E-state index < -0.39 is 0 Å². The Hall–Kier alpha value is -0.900. The molecular formula is C18H11Br3. The zero-order valence-electron chi connectivity index (χ0n) is 11.0. The smallest absolute Gasteiger partial charge is 0.0265 e. The summed E-state index contributed by atoms with van der Waals surface area (Å²) < 4.78 is 3.26. The van der Waals surface area contributed by atoms with Crippen LogP contribution in [0.1, 0.15) is 11.1 Å². The molecule has 0 heterocycles. The molecule has 21 heavy (non-hydrogen) atoms. The Bertz CT molecular complexity index is 812. The van der Waals surface area contributed by atoms with Crippen molar-refractivity contribution in [3.8, 4) is 0 Å². The molecule has 3 rings (SSSR count). The fourth-order valence-corrected chi connectivity index (χ4v) is 4.32. The molecule has 0 aliphatic carbocycles. The zero-order valence-corrected chi connectivity index (χ0v) is 15.7. The Morgan fingerprint density at radius 2 is 1.48 bits per heavy atom. The Kier molecular flexibility index (Phi) is 4.63. The third kappa shape index (κ3) is 3.15. The molecule has 0 spiro atoms. The summed E-state index contributed by atoms with van der Waals surface area (Å²) in [5.74, 6) is 0. The number of hydrogen-bond acceptors (Lipinski definition) is 0. The third-order valence-electron chi connectivity index (χ3n) is 3.29. The number of hydrogen-bond donors (Lipinski definition) is 0. The molecule has 3 heteroatoms. The monoisotopic (exact) mass is 464 g/mol. The van der Waals surface area contributed by atoms with Gasteiger partial charge in [0.2, 0.25) is 0 Å². The van der Waals surface area contributed by atoms with Gasteiger partial charge in [0.1, 0.15) is 0 Å². The van der Waals surface area contributed by atoms with E-state index in [4.69, 9.17) is 0 Å². The van der Waals surface area contributed by atoms with Crippen LogP contribution in [0.4, 0.5) is 0 Å². The summed E-state index contributed by atoms with van der Waals surface area (Å²) in [5, 5.41) is 2.39. The van der Waals surface area contributed by atoms with E-state index in [2.05, 4.69) is 96.3 Å². The van der Waals surface area contributed by atoms with Crippen molar-refractivity contribution in [1.29, 1.82) is 0 Å². The van der Waals surface area contributed by atoms with E-state index in [1.165, 1.54) is 21.9 Å². The van der Waals surface area contributed by atoms with Crippen molar-refractivity contribution in [2.24, 2.45) is 0 Å². The van der Waals surface area contributed by atoms with E-state index >= 15 is 0 Å². The highest BCUT2D eigenvalue weighted by atomic mass is 79.9. The molecular weight excluding hydrogens is 456 g/mol. The van der Waals surface area contributed by atoms with Gasteiger partial charge in [-0.2, -0.15) is 0 Å². The lowest BCUT2D eigenvalue weighted by Gasteiger charge is -2.09. The van der Waals surface area contributed by atoms with Gasteiger partial charge in [0.15, 0.2) is 0 Å². The van der Waals surface area contributed by atoms with Crippen LogP contribution in [0, 0.1) is 0 Å². The minimum absolute atomic E-state index is 1.07. The molecule has 0 aliphatic rings. The molecule has 0 unspecified atom stereocenters. The Morgan fingerprint density at radius 3 is 2.24 bits per heavy atom. The topological polar surface area (TPSA) is 0 Å². The predicted molar refractivity (Wildman–Crippen MR) is 103 cm³/mol. The highest BCUT2D eigenvalue weighted by molar-refractivity contribution is 9.15. The fourth-order valence-electron chi connectivity index (χ4n) is 2.30. The molecule has 0 aromatic heterocycles. The summed E-state index contributed by atoms with van der Waals surface area (Å²) in [5.41, 5.74) is 2.36. The highest BCUT2D eigenvalue weighted by Gasteiger charge is 2.09. The van der Waals surface area contributed by atoms with Crippen molar-refractivity contribution in [2.75, 3.05) is 0 Å². The van der Waals surface area contributed by atoms with Gasteiger partial charge in [-0.3, -0.25) is 0 Å². The van der Waals surface area contributed by atoms with Gasteiger partial charge in [0.05, 0.1) is 0 Å². The number of benzene rings is 3. The van der Waals surface area contributed by atoms with Gasteiger partial charge in [-0.25, -0.2) is 0 Å². The summed E-state index contributed by atoms with van der Waals surface area (Å²) in [4.78, 5) is 0. The van der Waals surface area contributed by atoms with E-state index in [1.54, 1.807) is 0 Å². The summed E-state index contributed by atoms with van der Waals surface area (Å²) in [6.07, 6.45) is 2.14. The standard InChI is InChI=1S/C18H11Br3/c19-15-8-4-7-14-13(9-10-16(20)18(14)15)17(21)11-12-5-2-1-3-6-12/h1-11H/b17-11+. The van der Waals surface area contributed by atoms with E-state index in [0.717, 1.165) is 13.4 Å². The average molecular weight is 467 g/mol. The van der Waals surface area contributed by atoms with Gasteiger partial charge >= 0.3 is 0 Å². The van der Waals surface area contributed by atoms with Crippen molar-refractivity contribution in [3.63, 3.8) is 0 Å². The first kappa shape index (κ1) is 15.0. The fraction of sp³-hybridized carbons (Fsp3) is 0. The van der Waals surface area contributed by atoms with E-state index in [0.29, 0.717) is 0 Å². The first-order valence-corrected chi connectivity index (χ1v) is 8.84. The van der Waals surface area contributed by atoms with Gasteiger partial charge in [-0.05, 0) is 34.7 Å². The van der Waals surface area contributed by atoms with Gasteiger partial charge in [0, 0.05) is 18.8 Å². The predicted octanol–water partition coefficient (Wildman–Crippen LogP) is 7.26. The van der Waals surface area contributed by atoms with Crippen LogP contribution in [-0.2, 0) is 0 Å². The maximum atomic E-state index is 3.72. The van der Waals surface area contributed by atoms with Gasteiger partial charge in [-0.1, -0.05) is 96.3 Å². The lowest BCUT2D eigenvalue weighted by Crippen LogP contribution is -1.84. The molecule has 3 aromatic carbocycles. The molecule has 0 N–H and O–H groups in total. The molecule has 0 amide bonds. The minimum Gasteiger partial charge on any atom is -0.0622 e. The normalized spacial score (nSPS) is 11.9. The van der Waals surface area contributed by atoms with Crippen molar-refractivity contribution in [3.05, 3.63) is 80.7 Å². The van der Waals surface area contributed by atoms with Crippen LogP contribution in [0.25, 0.3) is 21.3 Å². The van der Waals surface area contributed by atoms with Crippen LogP contribution in [-0.4, -0.2) is 0 Å². The Balaban J connectivity index is 2.20. The SMILES string of the molecule is Br/C(=C/c1ccccc1)c1ccc(Br)c2c(Br)cccc12. The van der Waals surface area contributed by atoms with Gasteiger partial charge in [0.25, 0.3) is 0 Å². The van der Waals surface area contributed by atoms with Crippen LogP contribution in [0.15, 0.2) is 69.6 Å². The molecule has 0 radical (unpaired) electrons. The highest BCUT2D eigenvalue weighted by Crippen LogP contribution is 2.37. The quantitative estimate of drug-likeness (QED) is 0.349. The molecule has 0 saturated heterocycles. The molecule has 3 aromatic rings. The van der Waals surface area contributed by atoms with Crippen LogP contribution < -0.4 is 0 Å². The first-order valence-electron chi connectivity index (χ1n) is 6.46. The number of halogens is 3. The van der Waals surface area contributed by atoms with Gasteiger partial charge < -0.3 is 0 Å². The van der Waals surface area contributed by atoms with E-state index in [1.807, 2.05) is 18.2 Å². The summed E-state index contributed by atoms with van der Waals surface area (Å²) in [6, 6.07) is 20.8. The molecule has 0 bridgehead atoms. The van der Waals surface area contributed by atoms with Crippen molar-refractivity contribution >= 4 is 69.1 Å². The van der Waals surface area contributed by atoms with Crippen molar-refractivity contribution in [1.82, 2.24) is 0 Å². The summed E-state index contributed by atoms with van der Waals surface area (Å²) in [6.45, 7) is 0. The molecule has 0 atom stereocenters. The minimum atomic E-state index is 1.07. The maximum absolute atomic E-state index is 3.72. The maximum Gasteiger partial charge on any atom is 0.0265 e. The molecule has 0 aliphatic heterocycles. The Morgan fingerprint density at radius 1 is 0.762 bits per heavy atom. The summed E-state index contributed by atoms with van der Waals surface area (Å²) >= 11 is 11.0. The molecule has 104 valence electrons. The number of rotatable bonds is 2. The second kappa shape index (κ2) is 6.47. The third-order valence-corrected chi connectivity index (χ3v) is 5.27. The van der Waals surface area contributed by atoms with E-state index in [9.17, 15) is 0 Å². The van der Waals surface area contributed by atoms with Crippen LogP contribution in [0.3, 0.4) is 0 Å². The molecule has 0 nitrogen and oxygen atoms in total. The lowest BCUT2D eigenvalue weighted by atomic mass is 10.0. The molecule has 0 fully saturated rings.